The maximum Gasteiger partial charge on any atom is 0.0705 e. The zero-order valence-corrected chi connectivity index (χ0v) is 18.6. The molecule has 0 bridgehead atoms. The fourth-order valence-electron chi connectivity index (χ4n) is 2.99. The van der Waals surface area contributed by atoms with Crippen molar-refractivity contribution in [2.75, 3.05) is 0 Å². The fourth-order valence-corrected chi connectivity index (χ4v) is 2.99. The second-order valence-electron chi connectivity index (χ2n) is 6.46. The second-order valence-corrected chi connectivity index (χ2v) is 6.46. The van der Waals surface area contributed by atoms with Crippen LogP contribution in [0.3, 0.4) is 0 Å². The molecule has 0 unspecified atom stereocenters. The quantitative estimate of drug-likeness (QED) is 0.366. The third kappa shape index (κ3) is 3.97. The number of nitrogens with zero attached hydrogens (tertiary/aromatic N) is 2. The van der Waals surface area contributed by atoms with Crippen LogP contribution in [0, 0.1) is 20.3 Å². The summed E-state index contributed by atoms with van der Waals surface area (Å²) in [5.41, 5.74) is 6.60. The van der Waals surface area contributed by atoms with Gasteiger partial charge in [-0.2, -0.15) is 12.0 Å². The molecule has 0 atom stereocenters. The number of aryl methyl sites for hydroxylation is 1. The van der Waals surface area contributed by atoms with Crippen molar-refractivity contribution in [1.82, 2.24) is 9.97 Å². The molecule has 2 aromatic carbocycles. The molecule has 2 heterocycles. The largest absolute Gasteiger partial charge is 0.358 e. The van der Waals surface area contributed by atoms with Gasteiger partial charge in [-0.15, -0.1) is 19.9 Å². The number of hydrogen-bond acceptors (Lipinski definition) is 2. The monoisotopic (exact) mass is 415 g/mol. The summed E-state index contributed by atoms with van der Waals surface area (Å²) in [5, 5.41) is 2.34. The number of aromatic nitrogens is 2. The minimum atomic E-state index is 0. The van der Waals surface area contributed by atoms with Crippen molar-refractivity contribution in [3.63, 3.8) is 0 Å². The van der Waals surface area contributed by atoms with Crippen LogP contribution in [-0.4, -0.2) is 9.97 Å². The van der Waals surface area contributed by atoms with Crippen molar-refractivity contribution in [3.05, 3.63) is 85.4 Å². The Labute approximate surface area is 181 Å². The van der Waals surface area contributed by atoms with Gasteiger partial charge in [-0.25, -0.2) is 0 Å². The number of rotatable bonds is 2. The molecular formula is C23H22N2Y-2. The zero-order valence-electron chi connectivity index (χ0n) is 15.7. The topological polar surface area (TPSA) is 25.8 Å². The molecule has 4 rings (SSSR count). The molecule has 0 amide bonds. The van der Waals surface area contributed by atoms with E-state index in [1.807, 2.05) is 6.92 Å². The first kappa shape index (κ1) is 20.5. The van der Waals surface area contributed by atoms with Crippen LogP contribution < -0.4 is 0 Å². The predicted molar refractivity (Wildman–Crippen MR) is 107 cm³/mol. The second kappa shape index (κ2) is 8.28. The van der Waals surface area contributed by atoms with Gasteiger partial charge < -0.3 is 7.43 Å². The minimum absolute atomic E-state index is 0. The molecule has 1 radical (unpaired) electrons. The molecular weight excluding hydrogens is 393 g/mol. The Morgan fingerprint density at radius 1 is 0.692 bits per heavy atom. The van der Waals surface area contributed by atoms with Crippen LogP contribution in [0.25, 0.3) is 32.9 Å². The first-order chi connectivity index (χ1) is 11.6. The van der Waals surface area contributed by atoms with E-state index in [0.29, 0.717) is 0 Å². The first-order valence-electron chi connectivity index (χ1n) is 8.19. The summed E-state index contributed by atoms with van der Waals surface area (Å²) >= 11 is 0. The molecule has 2 aromatic heterocycles. The van der Waals surface area contributed by atoms with Crippen molar-refractivity contribution < 1.29 is 32.7 Å². The average molecular weight is 415 g/mol. The Bertz CT molecular complexity index is 1050. The van der Waals surface area contributed by atoms with E-state index in [4.69, 9.17) is 4.98 Å². The molecule has 0 fully saturated rings. The smallest absolute Gasteiger partial charge is 0.0705 e. The standard InChI is InChI=1S/C22H19N2.CH3.Y/c1-14(2)20-9-8-19-13-17(7-11-22(19)24-20)16-6-10-21-18(12-16)5-4-15(3)23-21;;/h4-13H,1-3H3;1H3;/q2*-1;. The van der Waals surface area contributed by atoms with Crippen LogP contribution in [0.4, 0.5) is 0 Å². The normalized spacial score (nSPS) is 10.3. The van der Waals surface area contributed by atoms with Gasteiger partial charge in [0, 0.05) is 43.8 Å². The third-order valence-electron chi connectivity index (χ3n) is 4.36. The van der Waals surface area contributed by atoms with Crippen molar-refractivity contribution in [1.29, 1.82) is 0 Å². The Morgan fingerprint density at radius 3 is 1.81 bits per heavy atom. The average Bonchev–Trinajstić information content (AvgIpc) is 2.60. The molecule has 0 spiro atoms. The van der Waals surface area contributed by atoms with Gasteiger partial charge in [0.05, 0.1) is 11.0 Å². The molecule has 0 aliphatic rings. The van der Waals surface area contributed by atoms with Gasteiger partial charge in [0.25, 0.3) is 0 Å². The summed E-state index contributed by atoms with van der Waals surface area (Å²) in [4.78, 5) is 9.30. The van der Waals surface area contributed by atoms with Gasteiger partial charge in [0.15, 0.2) is 0 Å². The van der Waals surface area contributed by atoms with Crippen LogP contribution in [0.5, 0.6) is 0 Å². The van der Waals surface area contributed by atoms with E-state index in [-0.39, 0.29) is 40.1 Å². The van der Waals surface area contributed by atoms with E-state index in [2.05, 4.69) is 79.5 Å². The van der Waals surface area contributed by atoms with Crippen LogP contribution in [0.1, 0.15) is 25.2 Å². The van der Waals surface area contributed by atoms with Gasteiger partial charge in [0.2, 0.25) is 0 Å². The molecule has 26 heavy (non-hydrogen) atoms. The molecule has 0 saturated heterocycles. The maximum absolute atomic E-state index is 4.72. The van der Waals surface area contributed by atoms with E-state index in [9.17, 15) is 0 Å². The van der Waals surface area contributed by atoms with Crippen LogP contribution in [0.2, 0.25) is 0 Å². The molecule has 0 aliphatic carbocycles. The molecule has 2 nitrogen and oxygen atoms in total. The first-order valence-corrected chi connectivity index (χ1v) is 8.19. The van der Waals surface area contributed by atoms with Gasteiger partial charge >= 0.3 is 0 Å². The Morgan fingerprint density at radius 2 is 1.23 bits per heavy atom. The number of benzene rings is 2. The van der Waals surface area contributed by atoms with Crippen LogP contribution in [0.15, 0.2) is 60.7 Å². The Kier molecular flexibility index (Phi) is 6.55. The minimum Gasteiger partial charge on any atom is -0.358 e. The molecule has 0 N–H and O–H groups in total. The van der Waals surface area contributed by atoms with Crippen molar-refractivity contribution in [2.24, 2.45) is 0 Å². The summed E-state index contributed by atoms with van der Waals surface area (Å²) < 4.78 is 0. The van der Waals surface area contributed by atoms with E-state index in [0.717, 1.165) is 22.4 Å². The fraction of sp³-hybridized carbons (Fsp3) is 0.130. The SMILES string of the molecule is Cc1ccc2cc(-c3ccc4nc([C-](C)C)ccc4c3)ccc2n1.[CH3-].[Y]. The molecule has 0 aliphatic heterocycles. The van der Waals surface area contributed by atoms with Gasteiger partial charge in [0.1, 0.15) is 0 Å². The van der Waals surface area contributed by atoms with Crippen molar-refractivity contribution in [2.45, 2.75) is 20.8 Å². The van der Waals surface area contributed by atoms with E-state index in [1.165, 1.54) is 27.8 Å². The third-order valence-corrected chi connectivity index (χ3v) is 4.36. The number of fused-ring (bicyclic) bond motifs is 2. The summed E-state index contributed by atoms with van der Waals surface area (Å²) in [5.74, 6) is 1.23. The molecule has 4 aromatic rings. The maximum atomic E-state index is 4.72. The summed E-state index contributed by atoms with van der Waals surface area (Å²) in [7, 11) is 0. The molecule has 3 heteroatoms. The Hall–Kier alpha value is -1.77. The summed E-state index contributed by atoms with van der Waals surface area (Å²) in [6, 6.07) is 21.3. The zero-order chi connectivity index (χ0) is 16.7. The van der Waals surface area contributed by atoms with Crippen LogP contribution >= 0.6 is 0 Å². The number of pyridine rings is 2. The van der Waals surface area contributed by atoms with Crippen LogP contribution in [-0.2, 0) is 32.7 Å². The molecule has 129 valence electrons. The Balaban J connectivity index is 0.00000121. The predicted octanol–water partition coefficient (Wildman–Crippen LogP) is 6.17. The summed E-state index contributed by atoms with van der Waals surface area (Å²) in [6.45, 7) is 6.20. The van der Waals surface area contributed by atoms with E-state index >= 15 is 0 Å². The van der Waals surface area contributed by atoms with E-state index < -0.39 is 0 Å². The van der Waals surface area contributed by atoms with Gasteiger partial charge in [-0.1, -0.05) is 23.9 Å². The molecule has 0 saturated carbocycles. The van der Waals surface area contributed by atoms with E-state index in [1.54, 1.807) is 0 Å². The summed E-state index contributed by atoms with van der Waals surface area (Å²) in [6.07, 6.45) is 0. The van der Waals surface area contributed by atoms with Crippen molar-refractivity contribution in [3.8, 4) is 11.1 Å². The van der Waals surface area contributed by atoms with Gasteiger partial charge in [-0.05, 0) is 53.8 Å². The van der Waals surface area contributed by atoms with Crippen molar-refractivity contribution >= 4 is 21.8 Å². The van der Waals surface area contributed by atoms with Gasteiger partial charge in [-0.3, -0.25) is 9.97 Å². The number of hydrogen-bond donors (Lipinski definition) is 0.